The summed E-state index contributed by atoms with van der Waals surface area (Å²) >= 11 is 1.55. The number of carbonyl (C=O) groups excluding carboxylic acids is 1. The lowest BCUT2D eigenvalue weighted by Crippen LogP contribution is -2.28. The molecule has 0 atom stereocenters. The Morgan fingerprint density at radius 2 is 2.29 bits per heavy atom. The molecule has 0 unspecified atom stereocenters. The minimum Gasteiger partial charge on any atom is -0.383 e. The topological polar surface area (TPSA) is 64.4 Å². The van der Waals surface area contributed by atoms with Crippen LogP contribution in [-0.4, -0.2) is 37.1 Å². The third kappa shape index (κ3) is 4.79. The molecule has 1 rings (SSSR count). The van der Waals surface area contributed by atoms with Gasteiger partial charge in [0.25, 0.3) is 0 Å². The van der Waals surface area contributed by atoms with Gasteiger partial charge in [0, 0.05) is 25.0 Å². The highest BCUT2D eigenvalue weighted by atomic mass is 32.2. The van der Waals surface area contributed by atoms with Crippen molar-refractivity contribution in [1.82, 2.24) is 10.5 Å². The van der Waals surface area contributed by atoms with Gasteiger partial charge in [-0.15, -0.1) is 11.8 Å². The van der Waals surface area contributed by atoms with Crippen LogP contribution in [0.3, 0.4) is 0 Å². The molecule has 0 radical (unpaired) electrons. The molecule has 1 aromatic heterocycles. The highest BCUT2D eigenvalue weighted by Crippen LogP contribution is 2.18. The van der Waals surface area contributed by atoms with Gasteiger partial charge in [0.05, 0.1) is 18.1 Å². The fourth-order valence-corrected chi connectivity index (χ4v) is 2.30. The summed E-state index contributed by atoms with van der Waals surface area (Å²) in [7, 11) is 1.61. The number of nitrogens with one attached hydrogen (secondary N) is 1. The monoisotopic (exact) mass is 258 g/mol. The molecule has 0 aromatic carbocycles. The molecule has 6 heteroatoms. The molecular weight excluding hydrogens is 240 g/mol. The van der Waals surface area contributed by atoms with Gasteiger partial charge in [-0.25, -0.2) is 0 Å². The van der Waals surface area contributed by atoms with E-state index in [2.05, 4.69) is 10.5 Å². The SMILES string of the molecule is COCCNC(=O)CSCc1c(C)noc1C. The molecule has 0 saturated carbocycles. The first kappa shape index (κ1) is 14.1. The molecule has 0 saturated heterocycles. The summed E-state index contributed by atoms with van der Waals surface area (Å²) in [5.74, 6) is 2.04. The Hall–Kier alpha value is -1.01. The number of hydrogen-bond donors (Lipinski definition) is 1. The molecule has 0 spiro atoms. The van der Waals surface area contributed by atoms with E-state index in [-0.39, 0.29) is 5.91 Å². The van der Waals surface area contributed by atoms with Crippen LogP contribution in [0.5, 0.6) is 0 Å². The first-order valence-electron chi connectivity index (χ1n) is 5.40. The predicted molar refractivity (Wildman–Crippen MR) is 67.0 cm³/mol. The Morgan fingerprint density at radius 1 is 1.53 bits per heavy atom. The van der Waals surface area contributed by atoms with Crippen LogP contribution in [0.25, 0.3) is 0 Å². The Kier molecular flexibility index (Phi) is 6.07. The average Bonchev–Trinajstić information content (AvgIpc) is 2.61. The average molecular weight is 258 g/mol. The van der Waals surface area contributed by atoms with Crippen molar-refractivity contribution >= 4 is 17.7 Å². The molecule has 17 heavy (non-hydrogen) atoms. The van der Waals surface area contributed by atoms with Gasteiger partial charge >= 0.3 is 0 Å². The molecule has 0 fully saturated rings. The molecule has 1 heterocycles. The number of carbonyl (C=O) groups is 1. The fourth-order valence-electron chi connectivity index (χ4n) is 1.30. The standard InChI is InChI=1S/C11H18N2O3S/c1-8-10(9(2)16-13-8)6-17-7-11(14)12-4-5-15-3/h4-7H2,1-3H3,(H,12,14). The first-order chi connectivity index (χ1) is 8.15. The number of nitrogens with zero attached hydrogens (tertiary/aromatic N) is 1. The number of rotatable bonds is 7. The fraction of sp³-hybridized carbons (Fsp3) is 0.636. The van der Waals surface area contributed by atoms with E-state index in [4.69, 9.17) is 9.26 Å². The smallest absolute Gasteiger partial charge is 0.230 e. The third-order valence-electron chi connectivity index (χ3n) is 2.29. The van der Waals surface area contributed by atoms with Crippen molar-refractivity contribution in [2.75, 3.05) is 26.0 Å². The number of hydrogen-bond acceptors (Lipinski definition) is 5. The minimum absolute atomic E-state index is 0.0267. The van der Waals surface area contributed by atoms with Gasteiger partial charge in [-0.05, 0) is 13.8 Å². The van der Waals surface area contributed by atoms with Crippen molar-refractivity contribution in [2.24, 2.45) is 0 Å². The van der Waals surface area contributed by atoms with E-state index in [1.165, 1.54) is 0 Å². The zero-order valence-electron chi connectivity index (χ0n) is 10.4. The maximum absolute atomic E-state index is 11.4. The Morgan fingerprint density at radius 3 is 2.88 bits per heavy atom. The van der Waals surface area contributed by atoms with Crippen LogP contribution in [0.2, 0.25) is 0 Å². The first-order valence-corrected chi connectivity index (χ1v) is 6.55. The van der Waals surface area contributed by atoms with Crippen LogP contribution in [0.15, 0.2) is 4.52 Å². The summed E-state index contributed by atoms with van der Waals surface area (Å²) in [5, 5.41) is 6.64. The zero-order valence-corrected chi connectivity index (χ0v) is 11.2. The van der Waals surface area contributed by atoms with E-state index in [1.54, 1.807) is 18.9 Å². The zero-order chi connectivity index (χ0) is 12.7. The van der Waals surface area contributed by atoms with Gasteiger partial charge in [0.15, 0.2) is 0 Å². The Balaban J connectivity index is 2.21. The van der Waals surface area contributed by atoms with Crippen LogP contribution in [-0.2, 0) is 15.3 Å². The van der Waals surface area contributed by atoms with E-state index in [1.807, 2.05) is 13.8 Å². The van der Waals surface area contributed by atoms with Gasteiger partial charge < -0.3 is 14.6 Å². The number of methoxy groups -OCH3 is 1. The summed E-state index contributed by atoms with van der Waals surface area (Å²) in [6.07, 6.45) is 0. The molecular formula is C11H18N2O3S. The van der Waals surface area contributed by atoms with Crippen LogP contribution in [0, 0.1) is 13.8 Å². The van der Waals surface area contributed by atoms with E-state index in [0.717, 1.165) is 22.8 Å². The summed E-state index contributed by atoms with van der Waals surface area (Å²) in [6.45, 7) is 4.89. The van der Waals surface area contributed by atoms with Crippen LogP contribution >= 0.6 is 11.8 Å². The van der Waals surface area contributed by atoms with Crippen molar-refractivity contribution in [3.05, 3.63) is 17.0 Å². The quantitative estimate of drug-likeness (QED) is 0.747. The number of thioether (sulfide) groups is 1. The van der Waals surface area contributed by atoms with Crippen molar-refractivity contribution in [3.63, 3.8) is 0 Å². The highest BCUT2D eigenvalue weighted by molar-refractivity contribution is 7.99. The van der Waals surface area contributed by atoms with Crippen molar-refractivity contribution < 1.29 is 14.1 Å². The van der Waals surface area contributed by atoms with Gasteiger partial charge in [0.1, 0.15) is 5.76 Å². The summed E-state index contributed by atoms with van der Waals surface area (Å²) in [5.41, 5.74) is 1.98. The molecule has 0 aliphatic heterocycles. The lowest BCUT2D eigenvalue weighted by atomic mass is 10.2. The lowest BCUT2D eigenvalue weighted by Gasteiger charge is -2.04. The predicted octanol–water partition coefficient (Wildman–Crippen LogP) is 1.29. The van der Waals surface area contributed by atoms with Gasteiger partial charge in [-0.1, -0.05) is 5.16 Å². The number of aryl methyl sites for hydroxylation is 2. The van der Waals surface area contributed by atoms with Crippen LogP contribution in [0.1, 0.15) is 17.0 Å². The molecule has 1 amide bonds. The number of amides is 1. The highest BCUT2D eigenvalue weighted by Gasteiger charge is 2.09. The maximum atomic E-state index is 11.4. The van der Waals surface area contributed by atoms with E-state index < -0.39 is 0 Å². The number of aromatic nitrogens is 1. The Labute approximate surface area is 105 Å². The van der Waals surface area contributed by atoms with Gasteiger partial charge in [-0.2, -0.15) is 0 Å². The molecule has 0 bridgehead atoms. The second-order valence-electron chi connectivity index (χ2n) is 3.64. The van der Waals surface area contributed by atoms with Gasteiger partial charge in [0.2, 0.25) is 5.91 Å². The maximum Gasteiger partial charge on any atom is 0.230 e. The van der Waals surface area contributed by atoms with Crippen molar-refractivity contribution in [2.45, 2.75) is 19.6 Å². The molecule has 5 nitrogen and oxygen atoms in total. The summed E-state index contributed by atoms with van der Waals surface area (Å²) in [6, 6.07) is 0. The second-order valence-corrected chi connectivity index (χ2v) is 4.62. The van der Waals surface area contributed by atoms with Crippen molar-refractivity contribution in [1.29, 1.82) is 0 Å². The minimum atomic E-state index is 0.0267. The Bertz CT molecular complexity index is 346. The van der Waals surface area contributed by atoms with E-state index in [9.17, 15) is 4.79 Å². The molecule has 1 aromatic rings. The lowest BCUT2D eigenvalue weighted by molar-refractivity contribution is -0.118. The van der Waals surface area contributed by atoms with Crippen LogP contribution < -0.4 is 5.32 Å². The van der Waals surface area contributed by atoms with E-state index >= 15 is 0 Å². The normalized spacial score (nSPS) is 10.5. The van der Waals surface area contributed by atoms with Gasteiger partial charge in [-0.3, -0.25) is 4.79 Å². The number of ether oxygens (including phenoxy) is 1. The van der Waals surface area contributed by atoms with Crippen molar-refractivity contribution in [3.8, 4) is 0 Å². The summed E-state index contributed by atoms with van der Waals surface area (Å²) < 4.78 is 9.90. The third-order valence-corrected chi connectivity index (χ3v) is 3.25. The van der Waals surface area contributed by atoms with Crippen LogP contribution in [0.4, 0.5) is 0 Å². The molecule has 0 aliphatic rings. The largest absolute Gasteiger partial charge is 0.383 e. The molecule has 1 N–H and O–H groups in total. The molecule has 0 aliphatic carbocycles. The second kappa shape index (κ2) is 7.34. The summed E-state index contributed by atoms with van der Waals surface area (Å²) in [4.78, 5) is 11.4. The van der Waals surface area contributed by atoms with E-state index in [0.29, 0.717) is 18.9 Å². The molecule has 96 valence electrons.